The fourth-order valence-electron chi connectivity index (χ4n) is 21.8. The smallest absolute Gasteiger partial charge is 0.381 e. The van der Waals surface area contributed by atoms with Gasteiger partial charge in [0.05, 0.1) is 0 Å². The molecule has 2 saturated heterocycles. The van der Waals surface area contributed by atoms with E-state index in [2.05, 4.69) is 256 Å². The van der Waals surface area contributed by atoms with Gasteiger partial charge in [-0.2, -0.15) is 0 Å². The average Bonchev–Trinajstić information content (AvgIpc) is 1.54. The zero-order chi connectivity index (χ0) is 70.2. The summed E-state index contributed by atoms with van der Waals surface area (Å²) in [6.45, 7) is 45.0. The Hall–Kier alpha value is -4.99. The molecular formula is C87H124B3LiN8OSi+2. The maximum atomic E-state index is 4.94. The van der Waals surface area contributed by atoms with Gasteiger partial charge < -0.3 is 33.4 Å². The van der Waals surface area contributed by atoms with Crippen LogP contribution in [0.25, 0.3) is 0 Å². The Labute approximate surface area is 625 Å². The fraction of sp³-hybridized carbons (Fsp3) is 0.586. The Morgan fingerprint density at radius 1 is 0.366 bits per heavy atom. The van der Waals surface area contributed by atoms with Crippen molar-refractivity contribution in [1.29, 1.82) is 0 Å². The van der Waals surface area contributed by atoms with E-state index in [1.165, 1.54) is 163 Å². The van der Waals surface area contributed by atoms with Crippen LogP contribution in [-0.4, -0.2) is 75.9 Å². The van der Waals surface area contributed by atoms with Crippen LogP contribution in [0, 0.1) is 42.4 Å². The van der Waals surface area contributed by atoms with E-state index in [0.29, 0.717) is 47.3 Å². The number of rotatable bonds is 17. The summed E-state index contributed by atoms with van der Waals surface area (Å²) < 4.78 is 11.2. The molecule has 6 aromatic rings. The van der Waals surface area contributed by atoms with E-state index in [9.17, 15) is 0 Å². The predicted octanol–water partition coefficient (Wildman–Crippen LogP) is 13.4. The van der Waals surface area contributed by atoms with Gasteiger partial charge in [-0.25, -0.2) is 0 Å². The van der Waals surface area contributed by atoms with Crippen LogP contribution in [0.3, 0.4) is 0 Å². The van der Waals surface area contributed by atoms with E-state index in [1.807, 2.05) is 18.2 Å². The number of anilines is 4. The molecule has 0 atom stereocenters. The number of hydrogen-bond acceptors (Lipinski definition) is 7. The van der Waals surface area contributed by atoms with Gasteiger partial charge in [0.25, 0.3) is 0 Å². The largest absolute Gasteiger partial charge is 1.00 e. The van der Waals surface area contributed by atoms with Crippen molar-refractivity contribution in [1.82, 2.24) is 9.44 Å². The maximum Gasteiger partial charge on any atom is 1.00 e. The minimum absolute atomic E-state index is 0. The molecule has 8 bridgehead atoms. The van der Waals surface area contributed by atoms with Crippen LogP contribution in [0.1, 0.15) is 298 Å². The summed E-state index contributed by atoms with van der Waals surface area (Å²) in [7, 11) is -1.76. The third-order valence-corrected chi connectivity index (χ3v) is 28.4. The normalized spacial score (nSPS) is 26.4. The second kappa shape index (κ2) is 30.5. The first kappa shape index (κ1) is 74.3. The zero-order valence-corrected chi connectivity index (χ0v) is 66.8. The van der Waals surface area contributed by atoms with Crippen LogP contribution in [0.4, 0.5) is 22.7 Å². The van der Waals surface area contributed by atoms with Gasteiger partial charge >= 0.3 is 33.1 Å². The molecule has 8 saturated carbocycles. The summed E-state index contributed by atoms with van der Waals surface area (Å²) in [6.07, 6.45) is 29.6. The minimum atomic E-state index is -1.52. The van der Waals surface area contributed by atoms with E-state index in [4.69, 9.17) is 14.7 Å². The standard InChI is InChI=1S/C76H106B3N8Si.C7H8.C4H8O.Li/c1-47(2)61-21-17-22-62(48(3)4)69(61)82-29-30-83(70-63(49(5)6)23-18-24-64(70)50(7)8)77(82)86-33-34-87(78-84(71-65(51(9)10)25-19-26-66(71)52(11)12)31-32-85(78)72-67(53(13)14)27-20-28-68(72)54(15)16)79(86)88-73(80-75-41-55-35-56(42-75)37-57(36-55)43-75)74(88)81-76-44-58-38-59(45-76)40-60(39-58)46-76;1-7-5-3-2-4-6-7;1-2-4-5-3-1;/h17-32,47-60H,33-46H2,1-16H3;2-6H,1H3;1-4H2;/q-1;;;+1/p+2. The molecule has 14 heteroatoms. The molecule has 4 aliphatic heterocycles. The van der Waals surface area contributed by atoms with Gasteiger partial charge in [-0.05, 0) is 199 Å². The van der Waals surface area contributed by atoms with Gasteiger partial charge in [0.1, 0.15) is 6.57 Å². The van der Waals surface area contributed by atoms with Crippen LogP contribution in [0.2, 0.25) is 0 Å². The van der Waals surface area contributed by atoms with Crippen molar-refractivity contribution >= 4 is 51.8 Å². The van der Waals surface area contributed by atoms with Gasteiger partial charge in [0, 0.05) is 109 Å². The Morgan fingerprint density at radius 2 is 0.614 bits per heavy atom. The Morgan fingerprint density at radius 3 is 0.812 bits per heavy atom. The van der Waals surface area contributed by atoms with Crippen molar-refractivity contribution in [2.45, 2.75) is 266 Å². The summed E-state index contributed by atoms with van der Waals surface area (Å²) in [4.78, 5) is 24.4. The van der Waals surface area contributed by atoms with Gasteiger partial charge in [0.2, 0.25) is 0 Å². The van der Waals surface area contributed by atoms with Crippen molar-refractivity contribution in [2.24, 2.45) is 35.5 Å². The van der Waals surface area contributed by atoms with Crippen molar-refractivity contribution in [3.05, 3.63) is 188 Å². The van der Waals surface area contributed by atoms with Gasteiger partial charge in [-0.3, -0.25) is 9.98 Å². The summed E-state index contributed by atoms with van der Waals surface area (Å²) >= 11 is 0. The molecule has 2 N–H and O–H groups in total. The fourth-order valence-corrected chi connectivity index (χ4v) is 25.1. The Bertz CT molecular complexity index is 3460. The molecule has 8 aliphatic carbocycles. The molecule has 18 rings (SSSR count). The minimum Gasteiger partial charge on any atom is -0.381 e. The van der Waals surface area contributed by atoms with Gasteiger partial charge in [-0.1, -0.05) is 228 Å². The van der Waals surface area contributed by atoms with Crippen LogP contribution in [0.5, 0.6) is 0 Å². The number of nitrogens with zero attached hydrogens (tertiary/aromatic N) is 6. The first-order valence-electron chi connectivity index (χ1n) is 40.3. The summed E-state index contributed by atoms with van der Waals surface area (Å²) in [5.74, 6) is 7.98. The third kappa shape index (κ3) is 14.6. The molecule has 0 unspecified atom stereocenters. The Balaban J connectivity index is 0.000000637. The maximum absolute atomic E-state index is 4.94. The first-order valence-corrected chi connectivity index (χ1v) is 41.9. The number of aryl methyl sites for hydroxylation is 1. The summed E-state index contributed by atoms with van der Waals surface area (Å²) in [5.41, 5.74) is 18.9. The van der Waals surface area contributed by atoms with Crippen molar-refractivity contribution in [3.63, 3.8) is 0 Å². The van der Waals surface area contributed by atoms with Crippen molar-refractivity contribution < 1.29 is 33.6 Å². The molecule has 10 fully saturated rings. The van der Waals surface area contributed by atoms with Gasteiger partial charge in [0.15, 0.2) is 11.1 Å². The second-order valence-corrected chi connectivity index (χ2v) is 38.3. The van der Waals surface area contributed by atoms with Crippen LogP contribution in [-0.2, 0) is 4.74 Å². The molecule has 0 radical (unpaired) electrons. The molecule has 101 heavy (non-hydrogen) atoms. The van der Waals surface area contributed by atoms with Crippen molar-refractivity contribution in [2.75, 3.05) is 45.5 Å². The number of ether oxygens (including phenoxy) is 1. The van der Waals surface area contributed by atoms with E-state index >= 15 is 0 Å². The zero-order valence-electron chi connectivity index (χ0n) is 65.8. The number of para-hydroxylation sites is 4. The number of hydrogen-bond donors (Lipinski definition) is 2. The molecule has 5 heterocycles. The van der Waals surface area contributed by atoms with E-state index in [0.717, 1.165) is 61.8 Å². The first-order chi connectivity index (χ1) is 48.0. The topological polar surface area (TPSA) is 56.6 Å². The van der Waals surface area contributed by atoms with Crippen LogP contribution in [0.15, 0.2) is 128 Å². The van der Waals surface area contributed by atoms with Crippen molar-refractivity contribution in [3.8, 4) is 0 Å². The molecule has 12 aliphatic rings. The molecule has 9 nitrogen and oxygen atoms in total. The summed E-state index contributed by atoms with van der Waals surface area (Å²) in [5, 5.41) is 0. The number of benzene rings is 5. The Kier molecular flexibility index (Phi) is 22.4. The average molecular weight is 1370 g/mol. The van der Waals surface area contributed by atoms with E-state index in [1.54, 1.807) is 9.94 Å². The quantitative estimate of drug-likeness (QED) is 0.0883. The number of nitrogens with one attached hydrogen (secondary N) is 2. The SMILES string of the molecule is C1CCOC1.CC(C)c1cccc(C(C)C)c1N1C=CN(c2c(C(C)C)cccc2C(C)C)B1N1CCN(B2N(c3c(C(C)C)cccc3C(C)C)C=CN2c2c(C(C)C)cccc2C(C)C)B1[si-]1c(=[NH+]C23CC4CC(CC(C4)C2)C3)c1=[NH+]C12CC3CC(CC(C3)C1)C2.Cc1ccccc1.[Li+]. The molecule has 530 valence electrons. The summed E-state index contributed by atoms with van der Waals surface area (Å²) in [6, 6.07) is 39.4. The molecule has 1 aromatic heterocycles. The molecular weight excluding hydrogens is 1240 g/mol. The van der Waals surface area contributed by atoms with E-state index in [-0.39, 0.29) is 50.7 Å². The second-order valence-electron chi connectivity index (χ2n) is 35.9. The molecule has 5 aromatic carbocycles. The molecule has 0 amide bonds. The van der Waals surface area contributed by atoms with E-state index < -0.39 is 8.27 Å². The van der Waals surface area contributed by atoms with Crippen LogP contribution < -0.4 is 58.0 Å². The predicted molar refractivity (Wildman–Crippen MR) is 424 cm³/mol. The molecule has 0 spiro atoms. The monoisotopic (exact) mass is 1370 g/mol. The van der Waals surface area contributed by atoms with Gasteiger partial charge in [-0.15, -0.1) is 0 Å². The third-order valence-electron chi connectivity index (χ3n) is 25.6. The van der Waals surface area contributed by atoms with Crippen LogP contribution >= 0.6 is 0 Å².